The van der Waals surface area contributed by atoms with E-state index in [0.29, 0.717) is 6.54 Å². The predicted octanol–water partition coefficient (Wildman–Crippen LogP) is 4.30. The Morgan fingerprint density at radius 1 is 1.40 bits per heavy atom. The number of carbonyl (C=O) groups is 1. The lowest BCUT2D eigenvalue weighted by Crippen LogP contribution is -2.35. The van der Waals surface area contributed by atoms with Crippen molar-refractivity contribution < 1.29 is 9.18 Å². The molecule has 0 bridgehead atoms. The minimum Gasteiger partial charge on any atom is -0.317 e. The van der Waals surface area contributed by atoms with Gasteiger partial charge in [0, 0.05) is 19.8 Å². The highest BCUT2D eigenvalue weighted by atomic mass is 19.1. The molecule has 134 valence electrons. The molecule has 0 saturated carbocycles. The monoisotopic (exact) mass is 344 g/mol. The summed E-state index contributed by atoms with van der Waals surface area (Å²) < 4.78 is 15.3. The number of aryl methyl sites for hydroxylation is 1. The number of nitrogens with zero attached hydrogens (tertiary/aromatic N) is 3. The van der Waals surface area contributed by atoms with Crippen molar-refractivity contribution in [2.75, 3.05) is 11.9 Å². The number of benzene rings is 1. The van der Waals surface area contributed by atoms with Crippen molar-refractivity contribution in [2.45, 2.75) is 39.2 Å². The van der Waals surface area contributed by atoms with Crippen LogP contribution in [0.15, 0.2) is 30.5 Å². The Morgan fingerprint density at radius 2 is 2.16 bits per heavy atom. The maximum atomic E-state index is 13.6. The van der Waals surface area contributed by atoms with Gasteiger partial charge in [-0.25, -0.2) is 9.18 Å². The van der Waals surface area contributed by atoms with E-state index in [4.69, 9.17) is 0 Å². The molecule has 1 aromatic carbocycles. The van der Waals surface area contributed by atoms with E-state index < -0.39 is 0 Å². The molecule has 2 atom stereocenters. The van der Waals surface area contributed by atoms with Crippen LogP contribution in [0, 0.1) is 11.7 Å². The van der Waals surface area contributed by atoms with Crippen LogP contribution in [0.3, 0.4) is 0 Å². The zero-order chi connectivity index (χ0) is 18.1. The lowest BCUT2D eigenvalue weighted by Gasteiger charge is -2.27. The summed E-state index contributed by atoms with van der Waals surface area (Å²) in [4.78, 5) is 14.7. The molecular formula is C19H25FN4O. The number of rotatable bonds is 3. The number of anilines is 1. The zero-order valence-corrected chi connectivity index (χ0v) is 15.2. The third-order valence-corrected chi connectivity index (χ3v) is 4.80. The Morgan fingerprint density at radius 3 is 2.84 bits per heavy atom. The Hall–Kier alpha value is -2.37. The standard InChI is InChI=1S/C19H25FN4O/c1-12(2)17-16(11-23(4)22-17)21-19(25)24-9-8-13(3)18(24)14-6-5-7-15(20)10-14/h5-7,10-13,18H,8-9H2,1-4H3,(H,21,25)/t13-,18+/m0/s1. The maximum Gasteiger partial charge on any atom is 0.322 e. The Balaban J connectivity index is 1.84. The molecule has 2 aromatic rings. The molecule has 2 heterocycles. The number of likely N-dealkylation sites (tertiary alicyclic amines) is 1. The molecule has 0 aliphatic carbocycles. The first-order valence-electron chi connectivity index (χ1n) is 8.73. The zero-order valence-electron chi connectivity index (χ0n) is 15.2. The summed E-state index contributed by atoms with van der Waals surface area (Å²) in [6, 6.07) is 6.26. The highest BCUT2D eigenvalue weighted by Crippen LogP contribution is 2.37. The number of urea groups is 1. The second-order valence-corrected chi connectivity index (χ2v) is 7.15. The molecule has 3 rings (SSSR count). The topological polar surface area (TPSA) is 50.2 Å². The number of halogens is 1. The number of carbonyl (C=O) groups excluding carboxylic acids is 1. The van der Waals surface area contributed by atoms with E-state index in [1.165, 1.54) is 12.1 Å². The van der Waals surface area contributed by atoms with Gasteiger partial charge in [0.2, 0.25) is 0 Å². The first kappa shape index (κ1) is 17.5. The fourth-order valence-electron chi connectivity index (χ4n) is 3.59. The van der Waals surface area contributed by atoms with E-state index in [0.717, 1.165) is 23.4 Å². The van der Waals surface area contributed by atoms with Gasteiger partial charge in [0.05, 0.1) is 17.4 Å². The number of nitrogens with one attached hydrogen (secondary N) is 1. The fourth-order valence-corrected chi connectivity index (χ4v) is 3.59. The second-order valence-electron chi connectivity index (χ2n) is 7.15. The van der Waals surface area contributed by atoms with Crippen molar-refractivity contribution in [1.29, 1.82) is 0 Å². The van der Waals surface area contributed by atoms with Crippen LogP contribution in [0.2, 0.25) is 0 Å². The van der Waals surface area contributed by atoms with Crippen LogP contribution in [-0.4, -0.2) is 27.3 Å². The first-order valence-corrected chi connectivity index (χ1v) is 8.73. The van der Waals surface area contributed by atoms with Crippen LogP contribution >= 0.6 is 0 Å². The van der Waals surface area contributed by atoms with Crippen molar-refractivity contribution in [3.05, 3.63) is 47.5 Å². The summed E-state index contributed by atoms with van der Waals surface area (Å²) in [7, 11) is 1.84. The van der Waals surface area contributed by atoms with Crippen molar-refractivity contribution in [2.24, 2.45) is 13.0 Å². The molecule has 0 unspecified atom stereocenters. The Labute approximate surface area is 147 Å². The van der Waals surface area contributed by atoms with Crippen LogP contribution in [-0.2, 0) is 7.05 Å². The molecule has 1 N–H and O–H groups in total. The van der Waals surface area contributed by atoms with E-state index in [1.54, 1.807) is 15.6 Å². The summed E-state index contributed by atoms with van der Waals surface area (Å²) in [5.74, 6) is 0.227. The molecule has 1 fully saturated rings. The molecule has 1 saturated heterocycles. The number of hydrogen-bond donors (Lipinski definition) is 1. The Kier molecular flexibility index (Phi) is 4.79. The van der Waals surface area contributed by atoms with E-state index in [1.807, 2.05) is 33.2 Å². The van der Waals surface area contributed by atoms with E-state index in [9.17, 15) is 9.18 Å². The third kappa shape index (κ3) is 3.52. The quantitative estimate of drug-likeness (QED) is 0.902. The fraction of sp³-hybridized carbons (Fsp3) is 0.474. The molecule has 0 spiro atoms. The van der Waals surface area contributed by atoms with Crippen LogP contribution < -0.4 is 5.32 Å². The van der Waals surface area contributed by atoms with Gasteiger partial charge in [-0.1, -0.05) is 32.9 Å². The molecule has 5 nitrogen and oxygen atoms in total. The van der Waals surface area contributed by atoms with Crippen molar-refractivity contribution in [3.8, 4) is 0 Å². The summed E-state index contributed by atoms with van der Waals surface area (Å²) >= 11 is 0. The highest BCUT2D eigenvalue weighted by molar-refractivity contribution is 5.90. The van der Waals surface area contributed by atoms with Gasteiger partial charge in [-0.3, -0.25) is 4.68 Å². The second kappa shape index (κ2) is 6.86. The average Bonchev–Trinajstić information content (AvgIpc) is 3.10. The lowest BCUT2D eigenvalue weighted by molar-refractivity contribution is 0.201. The van der Waals surface area contributed by atoms with Crippen LogP contribution in [0.4, 0.5) is 14.9 Å². The van der Waals surface area contributed by atoms with Gasteiger partial charge < -0.3 is 10.2 Å². The average molecular weight is 344 g/mol. The van der Waals surface area contributed by atoms with Gasteiger partial charge in [-0.15, -0.1) is 0 Å². The van der Waals surface area contributed by atoms with E-state index in [2.05, 4.69) is 17.3 Å². The van der Waals surface area contributed by atoms with E-state index in [-0.39, 0.29) is 29.7 Å². The molecule has 0 radical (unpaired) electrons. The normalized spacial score (nSPS) is 20.3. The van der Waals surface area contributed by atoms with Gasteiger partial charge in [0.1, 0.15) is 5.82 Å². The summed E-state index contributed by atoms with van der Waals surface area (Å²) in [6.07, 6.45) is 2.72. The van der Waals surface area contributed by atoms with Crippen LogP contribution in [0.1, 0.15) is 50.4 Å². The van der Waals surface area contributed by atoms with Crippen LogP contribution in [0.25, 0.3) is 0 Å². The smallest absolute Gasteiger partial charge is 0.317 e. The predicted molar refractivity (Wildman–Crippen MR) is 95.9 cm³/mol. The van der Waals surface area contributed by atoms with Crippen molar-refractivity contribution in [1.82, 2.24) is 14.7 Å². The SMILES string of the molecule is CC(C)c1nn(C)cc1NC(=O)N1CC[C@H](C)[C@@H]1c1cccc(F)c1. The summed E-state index contributed by atoms with van der Waals surface area (Å²) in [6.45, 7) is 6.86. The van der Waals surface area contributed by atoms with Crippen LogP contribution in [0.5, 0.6) is 0 Å². The highest BCUT2D eigenvalue weighted by Gasteiger charge is 2.36. The van der Waals surface area contributed by atoms with Gasteiger partial charge in [-0.2, -0.15) is 5.10 Å². The van der Waals surface area contributed by atoms with Gasteiger partial charge in [0.25, 0.3) is 0 Å². The summed E-state index contributed by atoms with van der Waals surface area (Å²) in [5, 5.41) is 7.43. The lowest BCUT2D eigenvalue weighted by atomic mass is 9.95. The minimum absolute atomic E-state index is 0.116. The first-order chi connectivity index (χ1) is 11.9. The molecule has 2 amide bonds. The van der Waals surface area contributed by atoms with Gasteiger partial charge in [-0.05, 0) is 36.0 Å². The van der Waals surface area contributed by atoms with Gasteiger partial charge in [0.15, 0.2) is 0 Å². The Bertz CT molecular complexity index is 771. The molecule has 25 heavy (non-hydrogen) atoms. The largest absolute Gasteiger partial charge is 0.322 e. The minimum atomic E-state index is -0.272. The molecule has 6 heteroatoms. The molecule has 1 aromatic heterocycles. The van der Waals surface area contributed by atoms with E-state index >= 15 is 0 Å². The molecule has 1 aliphatic heterocycles. The van der Waals surface area contributed by atoms with Gasteiger partial charge >= 0.3 is 6.03 Å². The molecular weight excluding hydrogens is 319 g/mol. The number of aromatic nitrogens is 2. The summed E-state index contributed by atoms with van der Waals surface area (Å²) in [5.41, 5.74) is 2.45. The third-order valence-electron chi connectivity index (χ3n) is 4.80. The molecule has 1 aliphatic rings. The number of hydrogen-bond acceptors (Lipinski definition) is 2. The van der Waals surface area contributed by atoms with Crippen molar-refractivity contribution >= 4 is 11.7 Å². The van der Waals surface area contributed by atoms with Crippen molar-refractivity contribution in [3.63, 3.8) is 0 Å². The number of amides is 2. The maximum absolute atomic E-state index is 13.6.